The van der Waals surface area contributed by atoms with Gasteiger partial charge < -0.3 is 19.5 Å². The zero-order valence-electron chi connectivity index (χ0n) is 17.8. The van der Waals surface area contributed by atoms with E-state index in [4.69, 9.17) is 8.83 Å². The third-order valence-corrected chi connectivity index (χ3v) is 4.84. The molecule has 160 valence electrons. The topological polar surface area (TPSA) is 84.5 Å². The maximum Gasteiger partial charge on any atom is 0.242 e. The first-order valence-corrected chi connectivity index (χ1v) is 10.4. The molecule has 2 N–H and O–H groups in total. The first kappa shape index (κ1) is 22.8. The van der Waals surface area contributed by atoms with Crippen molar-refractivity contribution in [3.05, 3.63) is 48.3 Å². The molecule has 0 aromatic carbocycles. The molecule has 0 spiro atoms. The Bertz CT molecular complexity index is 715. The van der Waals surface area contributed by atoms with E-state index in [9.17, 15) is 9.59 Å². The van der Waals surface area contributed by atoms with Crippen LogP contribution in [-0.4, -0.2) is 24.4 Å². The molecule has 2 rings (SSSR count). The third-order valence-electron chi connectivity index (χ3n) is 4.84. The van der Waals surface area contributed by atoms with Crippen LogP contribution in [0, 0.1) is 5.41 Å². The summed E-state index contributed by atoms with van der Waals surface area (Å²) in [5, 5.41) is 5.86. The van der Waals surface area contributed by atoms with E-state index in [1.54, 1.807) is 25.1 Å². The Morgan fingerprint density at radius 1 is 1.00 bits per heavy atom. The Balaban J connectivity index is 1.81. The molecule has 1 atom stereocenters. The fourth-order valence-corrected chi connectivity index (χ4v) is 3.12. The lowest BCUT2D eigenvalue weighted by molar-refractivity contribution is -0.129. The number of aryl methyl sites for hydroxylation is 1. The van der Waals surface area contributed by atoms with Gasteiger partial charge in [-0.2, -0.15) is 0 Å². The van der Waals surface area contributed by atoms with Crippen LogP contribution in [0.25, 0.3) is 0 Å². The molecule has 2 heterocycles. The van der Waals surface area contributed by atoms with Crippen LogP contribution in [0.1, 0.15) is 64.0 Å². The predicted molar refractivity (Wildman–Crippen MR) is 112 cm³/mol. The SMILES string of the molecule is CC(C)(C)CCCC[C@H](NC(=O)CCc1ccoc1)C(=O)NCCc1ccoc1. The quantitative estimate of drug-likeness (QED) is 0.520. The summed E-state index contributed by atoms with van der Waals surface area (Å²) in [4.78, 5) is 25.0. The summed E-state index contributed by atoms with van der Waals surface area (Å²) < 4.78 is 10.1. The summed E-state index contributed by atoms with van der Waals surface area (Å²) in [6.07, 6.45) is 11.8. The van der Waals surface area contributed by atoms with Gasteiger partial charge in [0.1, 0.15) is 6.04 Å². The Morgan fingerprint density at radius 3 is 2.24 bits per heavy atom. The van der Waals surface area contributed by atoms with Crippen molar-refractivity contribution in [1.29, 1.82) is 0 Å². The summed E-state index contributed by atoms with van der Waals surface area (Å²) in [5.41, 5.74) is 2.29. The molecule has 2 aromatic rings. The number of rotatable bonds is 12. The van der Waals surface area contributed by atoms with Crippen molar-refractivity contribution in [2.24, 2.45) is 5.41 Å². The van der Waals surface area contributed by atoms with Crippen LogP contribution in [0.3, 0.4) is 0 Å². The van der Waals surface area contributed by atoms with E-state index < -0.39 is 6.04 Å². The zero-order valence-corrected chi connectivity index (χ0v) is 17.8. The van der Waals surface area contributed by atoms with Crippen molar-refractivity contribution in [1.82, 2.24) is 10.6 Å². The van der Waals surface area contributed by atoms with E-state index in [1.807, 2.05) is 12.1 Å². The minimum atomic E-state index is -0.504. The second kappa shape index (κ2) is 11.5. The molecule has 0 fully saturated rings. The molecular formula is C23H34N2O4. The Labute approximate surface area is 173 Å². The number of unbranched alkanes of at least 4 members (excludes halogenated alkanes) is 1. The highest BCUT2D eigenvalue weighted by molar-refractivity contribution is 5.87. The van der Waals surface area contributed by atoms with Crippen LogP contribution in [-0.2, 0) is 22.4 Å². The van der Waals surface area contributed by atoms with Crippen LogP contribution in [0.4, 0.5) is 0 Å². The van der Waals surface area contributed by atoms with Crippen LogP contribution >= 0.6 is 0 Å². The number of amides is 2. The fraction of sp³-hybridized carbons (Fsp3) is 0.565. The van der Waals surface area contributed by atoms with Gasteiger partial charge in [0.2, 0.25) is 11.8 Å². The lowest BCUT2D eigenvalue weighted by atomic mass is 9.89. The van der Waals surface area contributed by atoms with Gasteiger partial charge in [0.15, 0.2) is 0 Å². The van der Waals surface area contributed by atoms with E-state index in [1.165, 1.54) is 0 Å². The highest BCUT2D eigenvalue weighted by Crippen LogP contribution is 2.22. The lowest BCUT2D eigenvalue weighted by Crippen LogP contribution is -2.47. The van der Waals surface area contributed by atoms with Gasteiger partial charge in [-0.15, -0.1) is 0 Å². The van der Waals surface area contributed by atoms with Crippen LogP contribution < -0.4 is 10.6 Å². The summed E-state index contributed by atoms with van der Waals surface area (Å²) in [7, 11) is 0. The van der Waals surface area contributed by atoms with E-state index in [-0.39, 0.29) is 17.2 Å². The van der Waals surface area contributed by atoms with Crippen molar-refractivity contribution < 1.29 is 18.4 Å². The number of nitrogens with one attached hydrogen (secondary N) is 2. The van der Waals surface area contributed by atoms with Gasteiger partial charge in [0.05, 0.1) is 25.1 Å². The molecule has 0 saturated heterocycles. The maximum absolute atomic E-state index is 12.7. The number of carbonyl (C=O) groups excluding carboxylic acids is 2. The minimum Gasteiger partial charge on any atom is -0.472 e. The highest BCUT2D eigenvalue weighted by Gasteiger charge is 2.21. The van der Waals surface area contributed by atoms with Crippen molar-refractivity contribution in [3.63, 3.8) is 0 Å². The van der Waals surface area contributed by atoms with E-state index >= 15 is 0 Å². The molecule has 6 heteroatoms. The summed E-state index contributed by atoms with van der Waals surface area (Å²) in [6.45, 7) is 7.15. The number of hydrogen-bond acceptors (Lipinski definition) is 4. The first-order valence-electron chi connectivity index (χ1n) is 10.4. The number of carbonyl (C=O) groups is 2. The van der Waals surface area contributed by atoms with Crippen LogP contribution in [0.15, 0.2) is 46.0 Å². The smallest absolute Gasteiger partial charge is 0.242 e. The zero-order chi connectivity index (χ0) is 21.1. The Hall–Kier alpha value is -2.50. The molecule has 0 unspecified atom stereocenters. The van der Waals surface area contributed by atoms with Gasteiger partial charge in [-0.1, -0.05) is 33.6 Å². The predicted octanol–water partition coefficient (Wildman–Crippen LogP) is 4.26. The average Bonchev–Trinajstić information content (AvgIpc) is 3.35. The van der Waals surface area contributed by atoms with Crippen molar-refractivity contribution in [3.8, 4) is 0 Å². The fourth-order valence-electron chi connectivity index (χ4n) is 3.12. The molecule has 29 heavy (non-hydrogen) atoms. The standard InChI is InChI=1S/C23H34N2O4/c1-23(2,3)12-5-4-6-20(22(27)24-13-9-19-11-15-29-17-19)25-21(26)8-7-18-10-14-28-16-18/h10-11,14-17,20H,4-9,12-13H2,1-3H3,(H,24,27)(H,25,26)/t20-/m0/s1. The second-order valence-electron chi connectivity index (χ2n) is 8.73. The van der Waals surface area contributed by atoms with Gasteiger partial charge in [0, 0.05) is 13.0 Å². The maximum atomic E-state index is 12.7. The number of furan rings is 2. The minimum absolute atomic E-state index is 0.114. The largest absolute Gasteiger partial charge is 0.472 e. The Morgan fingerprint density at radius 2 is 1.66 bits per heavy atom. The molecule has 0 bridgehead atoms. The molecule has 6 nitrogen and oxygen atoms in total. The third kappa shape index (κ3) is 9.50. The molecule has 0 saturated carbocycles. The molecule has 0 aliphatic rings. The molecular weight excluding hydrogens is 368 g/mol. The molecule has 0 aliphatic carbocycles. The monoisotopic (exact) mass is 402 g/mol. The van der Waals surface area contributed by atoms with E-state index in [0.29, 0.717) is 32.2 Å². The van der Waals surface area contributed by atoms with Gasteiger partial charge in [-0.3, -0.25) is 9.59 Å². The first-order chi connectivity index (χ1) is 13.8. The summed E-state index contributed by atoms with van der Waals surface area (Å²) >= 11 is 0. The van der Waals surface area contributed by atoms with Crippen LogP contribution in [0.5, 0.6) is 0 Å². The number of hydrogen-bond donors (Lipinski definition) is 2. The molecule has 2 aromatic heterocycles. The highest BCUT2D eigenvalue weighted by atomic mass is 16.3. The summed E-state index contributed by atoms with van der Waals surface area (Å²) in [6, 6.07) is 3.23. The van der Waals surface area contributed by atoms with Gasteiger partial charge in [-0.25, -0.2) is 0 Å². The summed E-state index contributed by atoms with van der Waals surface area (Å²) in [5.74, 6) is -0.238. The van der Waals surface area contributed by atoms with Gasteiger partial charge in [0.25, 0.3) is 0 Å². The van der Waals surface area contributed by atoms with Crippen molar-refractivity contribution in [2.75, 3.05) is 6.54 Å². The molecule has 2 amide bonds. The lowest BCUT2D eigenvalue weighted by Gasteiger charge is -2.21. The van der Waals surface area contributed by atoms with Gasteiger partial charge in [-0.05, 0) is 54.4 Å². The van der Waals surface area contributed by atoms with E-state index in [0.717, 1.165) is 30.4 Å². The molecule has 0 aliphatic heterocycles. The van der Waals surface area contributed by atoms with Gasteiger partial charge >= 0.3 is 0 Å². The average molecular weight is 403 g/mol. The normalized spacial score (nSPS) is 12.5. The van der Waals surface area contributed by atoms with E-state index in [2.05, 4.69) is 31.4 Å². The molecule has 0 radical (unpaired) electrons. The van der Waals surface area contributed by atoms with Crippen molar-refractivity contribution >= 4 is 11.8 Å². The second-order valence-corrected chi connectivity index (χ2v) is 8.73. The van der Waals surface area contributed by atoms with Crippen molar-refractivity contribution in [2.45, 2.75) is 71.8 Å². The van der Waals surface area contributed by atoms with Crippen LogP contribution in [0.2, 0.25) is 0 Å². The Kier molecular flexibility index (Phi) is 9.03.